The van der Waals surface area contributed by atoms with Crippen LogP contribution in [0.5, 0.6) is 0 Å². The number of aryl methyl sites for hydroxylation is 1. The van der Waals surface area contributed by atoms with Crippen molar-refractivity contribution in [3.05, 3.63) is 92.4 Å². The summed E-state index contributed by atoms with van der Waals surface area (Å²) in [5.41, 5.74) is 4.27. The molecule has 0 saturated heterocycles. The lowest BCUT2D eigenvalue weighted by molar-refractivity contribution is 0.631. The zero-order valence-electron chi connectivity index (χ0n) is 14.3. The van der Waals surface area contributed by atoms with Crippen molar-refractivity contribution >= 4 is 23.4 Å². The Kier molecular flexibility index (Phi) is 5.14. The molecule has 0 atom stereocenters. The van der Waals surface area contributed by atoms with Gasteiger partial charge in [-0.2, -0.15) is 0 Å². The van der Waals surface area contributed by atoms with Crippen LogP contribution in [-0.2, 0) is 25.1 Å². The summed E-state index contributed by atoms with van der Waals surface area (Å²) in [5.74, 6) is 0.798. The first-order valence-electron chi connectivity index (χ1n) is 8.74. The fourth-order valence-corrected chi connectivity index (χ4v) is 4.34. The maximum atomic E-state index is 13.0. The zero-order valence-corrected chi connectivity index (χ0v) is 15.9. The van der Waals surface area contributed by atoms with Crippen molar-refractivity contribution in [3.8, 4) is 0 Å². The number of aromatic nitrogens is 2. The number of thioether (sulfide) groups is 1. The Labute approximate surface area is 162 Å². The van der Waals surface area contributed by atoms with Gasteiger partial charge in [-0.1, -0.05) is 65.8 Å². The third kappa shape index (κ3) is 3.71. The number of rotatable bonds is 5. The van der Waals surface area contributed by atoms with E-state index in [9.17, 15) is 4.79 Å². The summed E-state index contributed by atoms with van der Waals surface area (Å²) >= 11 is 7.61. The lowest BCUT2D eigenvalue weighted by Crippen LogP contribution is -2.27. The van der Waals surface area contributed by atoms with Crippen molar-refractivity contribution in [1.29, 1.82) is 0 Å². The van der Waals surface area contributed by atoms with E-state index in [2.05, 4.69) is 12.1 Å². The molecular weight excluding hydrogens is 364 g/mol. The van der Waals surface area contributed by atoms with Crippen molar-refractivity contribution in [2.75, 3.05) is 0 Å². The van der Waals surface area contributed by atoms with E-state index in [1.165, 1.54) is 5.56 Å². The van der Waals surface area contributed by atoms with Gasteiger partial charge in [-0.3, -0.25) is 9.36 Å². The highest BCUT2D eigenvalue weighted by Crippen LogP contribution is 2.25. The van der Waals surface area contributed by atoms with Gasteiger partial charge in [0.1, 0.15) is 0 Å². The van der Waals surface area contributed by atoms with E-state index in [1.54, 1.807) is 11.8 Å². The van der Waals surface area contributed by atoms with E-state index in [-0.39, 0.29) is 5.56 Å². The molecular formula is C21H19ClN2OS. The van der Waals surface area contributed by atoms with Crippen molar-refractivity contribution in [3.63, 3.8) is 0 Å². The monoisotopic (exact) mass is 382 g/mol. The van der Waals surface area contributed by atoms with Crippen LogP contribution in [-0.4, -0.2) is 9.55 Å². The largest absolute Gasteiger partial charge is 0.283 e. The van der Waals surface area contributed by atoms with Gasteiger partial charge in [-0.05, 0) is 42.5 Å². The van der Waals surface area contributed by atoms with Crippen molar-refractivity contribution < 1.29 is 0 Å². The van der Waals surface area contributed by atoms with E-state index in [0.717, 1.165) is 47.0 Å². The van der Waals surface area contributed by atoms with Crippen LogP contribution in [0.15, 0.2) is 64.5 Å². The lowest BCUT2D eigenvalue weighted by Gasteiger charge is -2.14. The third-order valence-corrected chi connectivity index (χ3v) is 5.92. The minimum atomic E-state index is 0.109. The Morgan fingerprint density at radius 2 is 1.77 bits per heavy atom. The maximum Gasteiger partial charge on any atom is 0.257 e. The van der Waals surface area contributed by atoms with Gasteiger partial charge in [0.25, 0.3) is 5.56 Å². The van der Waals surface area contributed by atoms with E-state index in [1.807, 2.05) is 47.0 Å². The Balaban J connectivity index is 1.68. The molecule has 0 amide bonds. The van der Waals surface area contributed by atoms with Gasteiger partial charge >= 0.3 is 0 Å². The number of hydrogen-bond donors (Lipinski definition) is 0. The molecule has 0 saturated carbocycles. The number of fused-ring (bicyclic) bond motifs is 1. The van der Waals surface area contributed by atoms with Gasteiger partial charge in [0, 0.05) is 16.3 Å². The molecule has 5 heteroatoms. The molecule has 132 valence electrons. The topological polar surface area (TPSA) is 34.9 Å². The molecule has 3 aromatic rings. The van der Waals surface area contributed by atoms with Crippen LogP contribution in [0.3, 0.4) is 0 Å². The summed E-state index contributed by atoms with van der Waals surface area (Å²) in [6.07, 6.45) is 2.77. The second-order valence-corrected chi connectivity index (χ2v) is 7.84. The first-order chi connectivity index (χ1) is 12.7. The van der Waals surface area contributed by atoms with Gasteiger partial charge < -0.3 is 0 Å². The van der Waals surface area contributed by atoms with Crippen LogP contribution >= 0.6 is 23.4 Å². The molecule has 2 aromatic carbocycles. The molecule has 1 aromatic heterocycles. The molecule has 0 aliphatic heterocycles. The van der Waals surface area contributed by atoms with Gasteiger partial charge in [-0.25, -0.2) is 4.98 Å². The van der Waals surface area contributed by atoms with Gasteiger partial charge in [0.15, 0.2) is 5.16 Å². The summed E-state index contributed by atoms with van der Waals surface area (Å²) in [4.78, 5) is 17.9. The van der Waals surface area contributed by atoms with Crippen LogP contribution in [0.4, 0.5) is 0 Å². The van der Waals surface area contributed by atoms with Crippen molar-refractivity contribution in [2.45, 2.75) is 36.7 Å². The van der Waals surface area contributed by atoms with Crippen molar-refractivity contribution in [1.82, 2.24) is 9.55 Å². The van der Waals surface area contributed by atoms with E-state index in [4.69, 9.17) is 16.6 Å². The summed E-state index contributed by atoms with van der Waals surface area (Å²) in [6, 6.07) is 17.9. The molecule has 0 unspecified atom stereocenters. The number of benzene rings is 2. The van der Waals surface area contributed by atoms with Crippen LogP contribution in [0.2, 0.25) is 5.02 Å². The molecule has 1 heterocycles. The third-order valence-electron chi connectivity index (χ3n) is 4.62. The van der Waals surface area contributed by atoms with Gasteiger partial charge in [0.2, 0.25) is 0 Å². The normalized spacial score (nSPS) is 13.0. The molecule has 26 heavy (non-hydrogen) atoms. The quantitative estimate of drug-likeness (QED) is 0.472. The van der Waals surface area contributed by atoms with Gasteiger partial charge in [0.05, 0.1) is 12.2 Å². The molecule has 0 spiro atoms. The fraction of sp³-hybridized carbons (Fsp3) is 0.238. The number of hydrogen-bond acceptors (Lipinski definition) is 3. The summed E-state index contributed by atoms with van der Waals surface area (Å²) < 4.78 is 1.82. The van der Waals surface area contributed by atoms with E-state index >= 15 is 0 Å². The molecule has 0 N–H and O–H groups in total. The highest BCUT2D eigenvalue weighted by molar-refractivity contribution is 7.98. The summed E-state index contributed by atoms with van der Waals surface area (Å²) in [7, 11) is 0. The van der Waals surface area contributed by atoms with Crippen LogP contribution < -0.4 is 5.56 Å². The fourth-order valence-electron chi connectivity index (χ4n) is 3.25. The minimum absolute atomic E-state index is 0.109. The standard InChI is InChI=1S/C21H19ClN2OS/c22-17-11-9-15(10-12-17)13-24-20(25)18-7-4-8-19(18)23-21(24)26-14-16-5-2-1-3-6-16/h1-3,5-6,9-12H,4,7-8,13-14H2. The van der Waals surface area contributed by atoms with Crippen LogP contribution in [0.1, 0.15) is 28.8 Å². The SMILES string of the molecule is O=c1c2c(nc(SCc3ccccc3)n1Cc1ccc(Cl)cc1)CCC2. The molecule has 0 radical (unpaired) electrons. The Bertz CT molecular complexity index is 968. The lowest BCUT2D eigenvalue weighted by atomic mass is 10.2. The van der Waals surface area contributed by atoms with Crippen molar-refractivity contribution in [2.24, 2.45) is 0 Å². The van der Waals surface area contributed by atoms with Crippen LogP contribution in [0, 0.1) is 0 Å². The highest BCUT2D eigenvalue weighted by atomic mass is 35.5. The highest BCUT2D eigenvalue weighted by Gasteiger charge is 2.21. The van der Waals surface area contributed by atoms with E-state index < -0.39 is 0 Å². The predicted molar refractivity (Wildman–Crippen MR) is 107 cm³/mol. The maximum absolute atomic E-state index is 13.0. The first kappa shape index (κ1) is 17.4. The predicted octanol–water partition coefficient (Wildman–Crippen LogP) is 4.73. The zero-order chi connectivity index (χ0) is 17.9. The molecule has 0 fully saturated rings. The average Bonchev–Trinajstić information content (AvgIpc) is 3.14. The number of nitrogens with zero attached hydrogens (tertiary/aromatic N) is 2. The molecule has 0 bridgehead atoms. The Hall–Kier alpha value is -2.04. The minimum Gasteiger partial charge on any atom is -0.283 e. The molecule has 4 rings (SSSR count). The average molecular weight is 383 g/mol. The summed E-state index contributed by atoms with van der Waals surface area (Å²) in [6.45, 7) is 0.521. The number of halogens is 1. The first-order valence-corrected chi connectivity index (χ1v) is 10.1. The van der Waals surface area contributed by atoms with E-state index in [0.29, 0.717) is 11.6 Å². The smallest absolute Gasteiger partial charge is 0.257 e. The molecule has 1 aliphatic rings. The molecule has 3 nitrogen and oxygen atoms in total. The van der Waals surface area contributed by atoms with Crippen LogP contribution in [0.25, 0.3) is 0 Å². The second-order valence-electron chi connectivity index (χ2n) is 6.47. The summed E-state index contributed by atoms with van der Waals surface area (Å²) in [5, 5.41) is 1.50. The van der Waals surface area contributed by atoms with Gasteiger partial charge in [-0.15, -0.1) is 0 Å². The Morgan fingerprint density at radius 3 is 2.54 bits per heavy atom. The second kappa shape index (κ2) is 7.68. The molecule has 1 aliphatic carbocycles. The Morgan fingerprint density at radius 1 is 1.00 bits per heavy atom.